The van der Waals surface area contributed by atoms with E-state index in [0.29, 0.717) is 24.8 Å². The molecule has 6 nitrogen and oxygen atoms in total. The Bertz CT molecular complexity index is 1000. The molecule has 0 fully saturated rings. The normalized spacial score (nSPS) is 12.6. The molecule has 1 N–H and O–H groups in total. The predicted octanol–water partition coefficient (Wildman–Crippen LogP) is 4.13. The van der Waals surface area contributed by atoms with E-state index in [9.17, 15) is 4.79 Å². The first kappa shape index (κ1) is 18.0. The molecule has 28 heavy (non-hydrogen) atoms. The van der Waals surface area contributed by atoms with E-state index in [1.165, 1.54) is 5.56 Å². The molecule has 1 aliphatic rings. The number of amides is 1. The maximum Gasteiger partial charge on any atom is 0.277 e. The van der Waals surface area contributed by atoms with Gasteiger partial charge in [0.15, 0.2) is 0 Å². The molecule has 142 valence electrons. The molecule has 0 atom stereocenters. The van der Waals surface area contributed by atoms with E-state index in [0.717, 1.165) is 29.2 Å². The molecule has 2 heterocycles. The monoisotopic (exact) mass is 374 g/mol. The van der Waals surface area contributed by atoms with Crippen LogP contribution in [0.15, 0.2) is 54.6 Å². The molecule has 3 aromatic rings. The number of rotatable bonds is 5. The van der Waals surface area contributed by atoms with Crippen LogP contribution < -0.4 is 15.0 Å². The van der Waals surface area contributed by atoms with Gasteiger partial charge in [0, 0.05) is 23.6 Å². The number of hydrogen-bond acceptors (Lipinski definition) is 5. The Hall–Kier alpha value is -3.41. The molecular weight excluding hydrogens is 352 g/mol. The molecule has 0 bridgehead atoms. The molecule has 0 aliphatic carbocycles. The second-order valence-corrected chi connectivity index (χ2v) is 6.64. The highest BCUT2D eigenvalue weighted by atomic mass is 16.5. The van der Waals surface area contributed by atoms with E-state index in [1.807, 2.05) is 56.3 Å². The lowest BCUT2D eigenvalue weighted by Gasteiger charge is -2.17. The smallest absolute Gasteiger partial charge is 0.277 e. The highest BCUT2D eigenvalue weighted by molar-refractivity contribution is 6.06. The van der Waals surface area contributed by atoms with Gasteiger partial charge in [-0.25, -0.2) is 9.97 Å². The van der Waals surface area contributed by atoms with E-state index < -0.39 is 0 Å². The highest BCUT2D eigenvalue weighted by Gasteiger charge is 2.26. The van der Waals surface area contributed by atoms with E-state index in [4.69, 9.17) is 4.74 Å². The zero-order valence-electron chi connectivity index (χ0n) is 16.0. The van der Waals surface area contributed by atoms with Crippen LogP contribution in [0.1, 0.15) is 28.7 Å². The van der Waals surface area contributed by atoms with Gasteiger partial charge >= 0.3 is 0 Å². The number of nitrogens with zero attached hydrogens (tertiary/aromatic N) is 3. The standard InChI is InChI=1S/C22H22N4O2/c1-3-28-18-10-8-17(9-11-18)24-22-23-15(2)14-19(25-22)21(27)26-13-12-16-6-4-5-7-20(16)26/h4-11,14H,3,12-13H2,1-2H3,(H,23,24,25). The number of anilines is 3. The number of hydrogen-bond donors (Lipinski definition) is 1. The van der Waals surface area contributed by atoms with E-state index >= 15 is 0 Å². The summed E-state index contributed by atoms with van der Waals surface area (Å²) in [6.45, 7) is 5.10. The molecule has 1 amide bonds. The molecule has 4 rings (SSSR count). The van der Waals surface area contributed by atoms with Crippen LogP contribution in [0, 0.1) is 6.92 Å². The van der Waals surface area contributed by atoms with Crippen LogP contribution in [-0.4, -0.2) is 29.0 Å². The van der Waals surface area contributed by atoms with Crippen LogP contribution in [0.2, 0.25) is 0 Å². The van der Waals surface area contributed by atoms with Gasteiger partial charge in [0.05, 0.1) is 6.61 Å². The van der Waals surface area contributed by atoms with Crippen LogP contribution in [0.4, 0.5) is 17.3 Å². The minimum Gasteiger partial charge on any atom is -0.494 e. The Morgan fingerprint density at radius 3 is 2.71 bits per heavy atom. The average molecular weight is 374 g/mol. The number of fused-ring (bicyclic) bond motifs is 1. The minimum atomic E-state index is -0.106. The number of aryl methyl sites for hydroxylation is 1. The van der Waals surface area contributed by atoms with Gasteiger partial charge in [-0.15, -0.1) is 0 Å². The van der Waals surface area contributed by atoms with Gasteiger partial charge in [0.25, 0.3) is 5.91 Å². The van der Waals surface area contributed by atoms with Crippen molar-refractivity contribution in [3.05, 3.63) is 71.5 Å². The Kier molecular flexibility index (Phi) is 4.93. The second kappa shape index (κ2) is 7.68. The summed E-state index contributed by atoms with van der Waals surface area (Å²) in [5, 5.41) is 3.17. The zero-order chi connectivity index (χ0) is 19.5. The van der Waals surface area contributed by atoms with Gasteiger partial charge in [-0.3, -0.25) is 4.79 Å². The van der Waals surface area contributed by atoms with Crippen LogP contribution in [0.25, 0.3) is 0 Å². The molecule has 1 aliphatic heterocycles. The molecule has 1 aromatic heterocycles. The lowest BCUT2D eigenvalue weighted by molar-refractivity contribution is 0.0984. The van der Waals surface area contributed by atoms with Gasteiger partial charge in [-0.1, -0.05) is 18.2 Å². The number of nitrogens with one attached hydrogen (secondary N) is 1. The van der Waals surface area contributed by atoms with Crippen LogP contribution in [-0.2, 0) is 6.42 Å². The number of benzene rings is 2. The van der Waals surface area contributed by atoms with Gasteiger partial charge in [0.2, 0.25) is 5.95 Å². The first-order chi connectivity index (χ1) is 13.6. The van der Waals surface area contributed by atoms with Crippen molar-refractivity contribution in [1.82, 2.24) is 9.97 Å². The minimum absolute atomic E-state index is 0.106. The quantitative estimate of drug-likeness (QED) is 0.727. The van der Waals surface area contributed by atoms with Crippen molar-refractivity contribution in [2.45, 2.75) is 20.3 Å². The molecule has 0 spiro atoms. The summed E-state index contributed by atoms with van der Waals surface area (Å²) in [6.07, 6.45) is 0.864. The number of para-hydroxylation sites is 1. The van der Waals surface area contributed by atoms with Crippen molar-refractivity contribution in [1.29, 1.82) is 0 Å². The third kappa shape index (κ3) is 3.67. The van der Waals surface area contributed by atoms with Gasteiger partial charge < -0.3 is 15.0 Å². The lowest BCUT2D eigenvalue weighted by Crippen LogP contribution is -2.30. The molecule has 0 radical (unpaired) electrons. The molecule has 2 aromatic carbocycles. The zero-order valence-corrected chi connectivity index (χ0v) is 16.0. The van der Waals surface area contributed by atoms with Crippen molar-refractivity contribution < 1.29 is 9.53 Å². The maximum absolute atomic E-state index is 13.1. The summed E-state index contributed by atoms with van der Waals surface area (Å²) in [5.74, 6) is 1.10. The molecular formula is C22H22N4O2. The number of carbonyl (C=O) groups is 1. The maximum atomic E-state index is 13.1. The molecule has 0 unspecified atom stereocenters. The fourth-order valence-electron chi connectivity index (χ4n) is 3.35. The number of carbonyl (C=O) groups excluding carboxylic acids is 1. The van der Waals surface area contributed by atoms with Gasteiger partial charge in [-0.2, -0.15) is 0 Å². The Labute approximate surface area is 164 Å². The van der Waals surface area contributed by atoms with Gasteiger partial charge in [-0.05, 0) is 62.2 Å². The first-order valence-corrected chi connectivity index (χ1v) is 9.39. The average Bonchev–Trinajstić information content (AvgIpc) is 3.13. The van der Waals surface area contributed by atoms with Crippen LogP contribution in [0.3, 0.4) is 0 Å². The van der Waals surface area contributed by atoms with Crippen LogP contribution in [0.5, 0.6) is 5.75 Å². The largest absolute Gasteiger partial charge is 0.494 e. The molecule has 0 saturated carbocycles. The summed E-state index contributed by atoms with van der Waals surface area (Å²) in [6, 6.07) is 17.3. The Balaban J connectivity index is 1.56. The Morgan fingerprint density at radius 1 is 1.14 bits per heavy atom. The van der Waals surface area contributed by atoms with Crippen molar-refractivity contribution in [3.63, 3.8) is 0 Å². The number of ether oxygens (including phenoxy) is 1. The Morgan fingerprint density at radius 2 is 1.93 bits per heavy atom. The predicted molar refractivity (Wildman–Crippen MR) is 109 cm³/mol. The highest BCUT2D eigenvalue weighted by Crippen LogP contribution is 2.29. The summed E-state index contributed by atoms with van der Waals surface area (Å²) in [7, 11) is 0. The summed E-state index contributed by atoms with van der Waals surface area (Å²) in [4.78, 5) is 23.7. The SMILES string of the molecule is CCOc1ccc(Nc2nc(C)cc(C(=O)N3CCc4ccccc43)n2)cc1. The summed E-state index contributed by atoms with van der Waals surface area (Å²) >= 11 is 0. The van der Waals surface area contributed by atoms with E-state index in [1.54, 1.807) is 11.0 Å². The van der Waals surface area contributed by atoms with Crippen molar-refractivity contribution >= 4 is 23.2 Å². The third-order valence-electron chi connectivity index (χ3n) is 4.63. The fraction of sp³-hybridized carbons (Fsp3) is 0.227. The van der Waals surface area contributed by atoms with E-state index in [2.05, 4.69) is 21.4 Å². The van der Waals surface area contributed by atoms with Crippen LogP contribution >= 0.6 is 0 Å². The topological polar surface area (TPSA) is 67.3 Å². The van der Waals surface area contributed by atoms with Crippen molar-refractivity contribution in [3.8, 4) is 5.75 Å². The van der Waals surface area contributed by atoms with E-state index in [-0.39, 0.29) is 5.91 Å². The van der Waals surface area contributed by atoms with Crippen molar-refractivity contribution in [2.75, 3.05) is 23.4 Å². The third-order valence-corrected chi connectivity index (χ3v) is 4.63. The summed E-state index contributed by atoms with van der Waals surface area (Å²) in [5.41, 5.74) is 4.11. The second-order valence-electron chi connectivity index (χ2n) is 6.64. The molecule has 0 saturated heterocycles. The first-order valence-electron chi connectivity index (χ1n) is 9.39. The van der Waals surface area contributed by atoms with Crippen molar-refractivity contribution in [2.24, 2.45) is 0 Å². The fourth-order valence-corrected chi connectivity index (χ4v) is 3.35. The lowest BCUT2D eigenvalue weighted by atomic mass is 10.2. The van der Waals surface area contributed by atoms with Gasteiger partial charge in [0.1, 0.15) is 11.4 Å². The number of aromatic nitrogens is 2. The molecule has 6 heteroatoms. The summed E-state index contributed by atoms with van der Waals surface area (Å²) < 4.78 is 5.46.